The largest absolute Gasteiger partial charge is 0.497 e. The fourth-order valence-electron chi connectivity index (χ4n) is 3.08. The molecule has 1 saturated heterocycles. The van der Waals surface area contributed by atoms with E-state index in [4.69, 9.17) is 21.1 Å². The van der Waals surface area contributed by atoms with Crippen LogP contribution in [0.4, 0.5) is 0 Å². The molecule has 0 spiro atoms. The molecule has 2 aromatic carbocycles. The summed E-state index contributed by atoms with van der Waals surface area (Å²) < 4.78 is 13.2. The molecule has 0 saturated carbocycles. The van der Waals surface area contributed by atoms with Gasteiger partial charge in [0.1, 0.15) is 5.75 Å². The number of hydrogen-bond acceptors (Lipinski definition) is 5. The zero-order valence-electron chi connectivity index (χ0n) is 15.0. The summed E-state index contributed by atoms with van der Waals surface area (Å²) in [5.41, 5.74) is 1.91. The highest BCUT2D eigenvalue weighted by molar-refractivity contribution is 7.99. The smallest absolute Gasteiger partial charge is 0.196 e. The minimum absolute atomic E-state index is 0.283. The van der Waals surface area contributed by atoms with Gasteiger partial charge < -0.3 is 9.47 Å². The Bertz CT molecular complexity index is 908. The summed E-state index contributed by atoms with van der Waals surface area (Å²) in [7, 11) is 1.66. The third kappa shape index (κ3) is 4.13. The van der Waals surface area contributed by atoms with Gasteiger partial charge in [-0.2, -0.15) is 0 Å². The minimum Gasteiger partial charge on any atom is -0.497 e. The maximum absolute atomic E-state index is 6.08. The lowest BCUT2D eigenvalue weighted by Crippen LogP contribution is -2.09. The molecule has 1 unspecified atom stereocenters. The van der Waals surface area contributed by atoms with E-state index < -0.39 is 0 Å². The summed E-state index contributed by atoms with van der Waals surface area (Å²) in [6.45, 7) is 0.851. The first-order chi connectivity index (χ1) is 13.2. The number of benzene rings is 2. The molecule has 1 aliphatic rings. The first-order valence-electron chi connectivity index (χ1n) is 8.85. The van der Waals surface area contributed by atoms with Crippen LogP contribution in [0.1, 0.15) is 12.8 Å². The summed E-state index contributed by atoms with van der Waals surface area (Å²) in [6, 6.07) is 15.5. The summed E-state index contributed by atoms with van der Waals surface area (Å²) >= 11 is 7.75. The zero-order chi connectivity index (χ0) is 18.6. The Morgan fingerprint density at radius 2 is 2.07 bits per heavy atom. The van der Waals surface area contributed by atoms with Crippen molar-refractivity contribution in [3.63, 3.8) is 0 Å². The van der Waals surface area contributed by atoms with Crippen molar-refractivity contribution in [3.05, 3.63) is 53.6 Å². The van der Waals surface area contributed by atoms with E-state index in [2.05, 4.69) is 14.8 Å². The zero-order valence-corrected chi connectivity index (χ0v) is 16.5. The number of halogens is 1. The van der Waals surface area contributed by atoms with E-state index in [1.54, 1.807) is 18.9 Å². The Kier molecular flexibility index (Phi) is 5.66. The van der Waals surface area contributed by atoms with Crippen molar-refractivity contribution in [2.45, 2.75) is 24.1 Å². The monoisotopic (exact) mass is 401 g/mol. The molecule has 27 heavy (non-hydrogen) atoms. The second-order valence-electron chi connectivity index (χ2n) is 6.30. The summed E-state index contributed by atoms with van der Waals surface area (Å²) in [5.74, 6) is 2.42. The van der Waals surface area contributed by atoms with Crippen LogP contribution in [0.5, 0.6) is 5.75 Å². The first-order valence-corrected chi connectivity index (χ1v) is 10.2. The summed E-state index contributed by atoms with van der Waals surface area (Å²) in [4.78, 5) is 0. The van der Waals surface area contributed by atoms with Crippen LogP contribution in [0.3, 0.4) is 0 Å². The molecule has 1 aromatic heterocycles. The molecule has 0 aliphatic carbocycles. The summed E-state index contributed by atoms with van der Waals surface area (Å²) in [6.07, 6.45) is 2.51. The molecule has 0 radical (unpaired) electrons. The van der Waals surface area contributed by atoms with E-state index in [0.717, 1.165) is 53.2 Å². The maximum atomic E-state index is 6.08. The van der Waals surface area contributed by atoms with Crippen LogP contribution in [0.15, 0.2) is 53.7 Å². The van der Waals surface area contributed by atoms with Gasteiger partial charge >= 0.3 is 0 Å². The van der Waals surface area contributed by atoms with Gasteiger partial charge in [0.05, 0.1) is 13.2 Å². The average molecular weight is 402 g/mol. The standard InChI is InChI=1S/C20H20ClN3O2S/c1-25-17-5-2-4-14(12-17)19-22-23-20(27-13-18-6-3-11-26-18)24(19)16-9-7-15(21)8-10-16/h2,4-5,7-10,12,18H,3,6,11,13H2,1H3. The van der Waals surface area contributed by atoms with Crippen molar-refractivity contribution in [2.75, 3.05) is 19.5 Å². The Morgan fingerprint density at radius 3 is 2.81 bits per heavy atom. The third-order valence-electron chi connectivity index (χ3n) is 4.47. The molecule has 0 N–H and O–H groups in total. The lowest BCUT2D eigenvalue weighted by molar-refractivity contribution is 0.129. The number of ether oxygens (including phenoxy) is 2. The molecule has 5 nitrogen and oxygen atoms in total. The van der Waals surface area contributed by atoms with Gasteiger partial charge in [0.2, 0.25) is 0 Å². The number of thioether (sulfide) groups is 1. The predicted octanol–water partition coefficient (Wildman–Crippen LogP) is 4.87. The van der Waals surface area contributed by atoms with Gasteiger partial charge in [-0.25, -0.2) is 0 Å². The molecule has 1 aliphatic heterocycles. The van der Waals surface area contributed by atoms with Crippen molar-refractivity contribution in [2.24, 2.45) is 0 Å². The molecule has 0 bridgehead atoms. The molecule has 140 valence electrons. The van der Waals surface area contributed by atoms with Gasteiger partial charge in [-0.3, -0.25) is 4.57 Å². The molecule has 3 aromatic rings. The van der Waals surface area contributed by atoms with E-state index in [1.807, 2.05) is 48.5 Å². The van der Waals surface area contributed by atoms with Crippen molar-refractivity contribution in [3.8, 4) is 22.8 Å². The maximum Gasteiger partial charge on any atom is 0.196 e. The highest BCUT2D eigenvalue weighted by Gasteiger charge is 2.20. The van der Waals surface area contributed by atoms with Crippen molar-refractivity contribution >= 4 is 23.4 Å². The van der Waals surface area contributed by atoms with Gasteiger partial charge in [-0.15, -0.1) is 10.2 Å². The van der Waals surface area contributed by atoms with Crippen LogP contribution < -0.4 is 4.74 Å². The van der Waals surface area contributed by atoms with Crippen molar-refractivity contribution < 1.29 is 9.47 Å². The van der Waals surface area contributed by atoms with E-state index >= 15 is 0 Å². The van der Waals surface area contributed by atoms with Gasteiger partial charge in [0.15, 0.2) is 11.0 Å². The van der Waals surface area contributed by atoms with Crippen LogP contribution in [-0.2, 0) is 4.74 Å². The molecule has 1 atom stereocenters. The molecule has 2 heterocycles. The highest BCUT2D eigenvalue weighted by atomic mass is 35.5. The van der Waals surface area contributed by atoms with Crippen LogP contribution in [0, 0.1) is 0 Å². The molecule has 4 rings (SSSR count). The summed E-state index contributed by atoms with van der Waals surface area (Å²) in [5, 5.41) is 10.5. The fraction of sp³-hybridized carbons (Fsp3) is 0.300. The van der Waals surface area contributed by atoms with Crippen LogP contribution >= 0.6 is 23.4 Å². The minimum atomic E-state index is 0.283. The first kappa shape index (κ1) is 18.3. The van der Waals surface area contributed by atoms with Crippen molar-refractivity contribution in [1.82, 2.24) is 14.8 Å². The van der Waals surface area contributed by atoms with E-state index in [-0.39, 0.29) is 6.10 Å². The van der Waals surface area contributed by atoms with Crippen LogP contribution in [0.25, 0.3) is 17.1 Å². The SMILES string of the molecule is COc1cccc(-c2nnc(SCC3CCCO3)n2-c2ccc(Cl)cc2)c1. The lowest BCUT2D eigenvalue weighted by atomic mass is 10.2. The van der Waals surface area contributed by atoms with E-state index in [1.165, 1.54) is 0 Å². The Hall–Kier alpha value is -2.02. The van der Waals surface area contributed by atoms with E-state index in [9.17, 15) is 0 Å². The van der Waals surface area contributed by atoms with Gasteiger partial charge in [0.25, 0.3) is 0 Å². The van der Waals surface area contributed by atoms with Crippen molar-refractivity contribution in [1.29, 1.82) is 0 Å². The number of hydrogen-bond donors (Lipinski definition) is 0. The second-order valence-corrected chi connectivity index (χ2v) is 7.72. The van der Waals surface area contributed by atoms with E-state index in [0.29, 0.717) is 5.02 Å². The number of rotatable bonds is 6. The molecule has 0 amide bonds. The van der Waals surface area contributed by atoms with Gasteiger partial charge in [-0.05, 0) is 49.2 Å². The topological polar surface area (TPSA) is 49.2 Å². The fourth-order valence-corrected chi connectivity index (χ4v) is 4.22. The Morgan fingerprint density at radius 1 is 1.22 bits per heavy atom. The number of aromatic nitrogens is 3. The molecule has 7 heteroatoms. The lowest BCUT2D eigenvalue weighted by Gasteiger charge is -2.12. The van der Waals surface area contributed by atoms with Crippen LogP contribution in [-0.4, -0.2) is 40.3 Å². The Balaban J connectivity index is 1.72. The second kappa shape index (κ2) is 8.33. The number of nitrogens with zero attached hydrogens (tertiary/aromatic N) is 3. The molecular formula is C20H20ClN3O2S. The molecular weight excluding hydrogens is 382 g/mol. The predicted molar refractivity (Wildman–Crippen MR) is 108 cm³/mol. The Labute approximate surface area is 167 Å². The van der Waals surface area contributed by atoms with Crippen LogP contribution in [0.2, 0.25) is 5.02 Å². The molecule has 1 fully saturated rings. The normalized spacial score (nSPS) is 16.6. The van der Waals surface area contributed by atoms with Gasteiger partial charge in [-0.1, -0.05) is 35.5 Å². The third-order valence-corrected chi connectivity index (χ3v) is 5.78. The van der Waals surface area contributed by atoms with Gasteiger partial charge in [0, 0.05) is 28.6 Å². The average Bonchev–Trinajstić information content (AvgIpc) is 3.37. The number of methoxy groups -OCH3 is 1. The highest BCUT2D eigenvalue weighted by Crippen LogP contribution is 2.31. The quantitative estimate of drug-likeness (QED) is 0.551.